The van der Waals surface area contributed by atoms with Gasteiger partial charge in [-0.3, -0.25) is 4.79 Å². The number of piperazine rings is 1. The number of nitrogens with zero attached hydrogens (tertiary/aromatic N) is 2. The van der Waals surface area contributed by atoms with E-state index in [1.807, 2.05) is 17.0 Å². The largest absolute Gasteiger partial charge is 0.368 e. The Kier molecular flexibility index (Phi) is 5.56. The van der Waals surface area contributed by atoms with Crippen LogP contribution in [0.15, 0.2) is 53.0 Å². The van der Waals surface area contributed by atoms with E-state index in [4.69, 9.17) is 0 Å². The van der Waals surface area contributed by atoms with Crippen molar-refractivity contribution in [2.24, 2.45) is 0 Å². The van der Waals surface area contributed by atoms with Gasteiger partial charge in [-0.05, 0) is 48.7 Å². The molecule has 126 valence electrons. The summed E-state index contributed by atoms with van der Waals surface area (Å²) in [5, 5.41) is 0. The monoisotopic (exact) mass is 386 g/mol. The molecule has 0 aliphatic carbocycles. The molecule has 0 bridgehead atoms. The number of anilines is 1. The van der Waals surface area contributed by atoms with Crippen molar-refractivity contribution in [1.29, 1.82) is 0 Å². The highest BCUT2D eigenvalue weighted by molar-refractivity contribution is 9.10. The van der Waals surface area contributed by atoms with Gasteiger partial charge in [-0.2, -0.15) is 0 Å². The Bertz CT molecular complexity index is 708. The lowest BCUT2D eigenvalue weighted by molar-refractivity contribution is -0.131. The second-order valence-electron chi connectivity index (χ2n) is 6.34. The van der Waals surface area contributed by atoms with Gasteiger partial charge in [0.15, 0.2) is 0 Å². The van der Waals surface area contributed by atoms with Gasteiger partial charge < -0.3 is 9.80 Å². The summed E-state index contributed by atoms with van der Waals surface area (Å²) < 4.78 is 1.07. The van der Waals surface area contributed by atoms with Crippen LogP contribution in [-0.4, -0.2) is 37.0 Å². The van der Waals surface area contributed by atoms with Crippen LogP contribution in [0.1, 0.15) is 17.5 Å². The first kappa shape index (κ1) is 17.0. The van der Waals surface area contributed by atoms with Gasteiger partial charge in [0, 0.05) is 42.8 Å². The molecular weight excluding hydrogens is 364 g/mol. The van der Waals surface area contributed by atoms with Gasteiger partial charge in [-0.1, -0.05) is 40.2 Å². The van der Waals surface area contributed by atoms with Crippen molar-refractivity contribution in [3.63, 3.8) is 0 Å². The molecule has 0 aromatic heterocycles. The van der Waals surface area contributed by atoms with Crippen LogP contribution >= 0.6 is 15.9 Å². The first-order chi connectivity index (χ1) is 11.6. The molecule has 1 fully saturated rings. The molecular formula is C20H23BrN2O. The summed E-state index contributed by atoms with van der Waals surface area (Å²) >= 11 is 3.48. The number of carbonyl (C=O) groups is 1. The van der Waals surface area contributed by atoms with Crippen LogP contribution in [-0.2, 0) is 11.2 Å². The van der Waals surface area contributed by atoms with Crippen molar-refractivity contribution in [2.75, 3.05) is 31.1 Å². The Balaban J connectivity index is 1.50. The van der Waals surface area contributed by atoms with E-state index in [9.17, 15) is 4.79 Å². The van der Waals surface area contributed by atoms with Crippen molar-refractivity contribution >= 4 is 27.5 Å². The summed E-state index contributed by atoms with van der Waals surface area (Å²) in [6.45, 7) is 5.56. The van der Waals surface area contributed by atoms with Gasteiger partial charge in [0.25, 0.3) is 0 Å². The molecule has 3 nitrogen and oxygen atoms in total. The molecule has 0 radical (unpaired) electrons. The third-order valence-electron chi connectivity index (χ3n) is 4.52. The average molecular weight is 387 g/mol. The Morgan fingerprint density at radius 2 is 1.79 bits per heavy atom. The van der Waals surface area contributed by atoms with Crippen LogP contribution < -0.4 is 4.90 Å². The summed E-state index contributed by atoms with van der Waals surface area (Å²) in [6.07, 6.45) is 1.39. The highest BCUT2D eigenvalue weighted by Gasteiger charge is 2.21. The van der Waals surface area contributed by atoms with Crippen molar-refractivity contribution in [1.82, 2.24) is 4.90 Å². The van der Waals surface area contributed by atoms with Gasteiger partial charge in [0.1, 0.15) is 0 Å². The molecule has 1 saturated heterocycles. The van der Waals surface area contributed by atoms with Crippen LogP contribution in [0.3, 0.4) is 0 Å². The molecule has 1 amide bonds. The normalized spacial score (nSPS) is 14.8. The standard InChI is InChI=1S/C20H23BrN2O/c1-16-4-2-7-19(14-16)22-10-12-23(13-11-22)20(24)9-8-17-5-3-6-18(21)15-17/h2-7,14-15H,8-13H2,1H3. The fraction of sp³-hybridized carbons (Fsp3) is 0.350. The molecule has 4 heteroatoms. The minimum absolute atomic E-state index is 0.263. The maximum atomic E-state index is 12.4. The van der Waals surface area contributed by atoms with E-state index in [0.29, 0.717) is 6.42 Å². The van der Waals surface area contributed by atoms with E-state index in [-0.39, 0.29) is 5.91 Å². The summed E-state index contributed by atoms with van der Waals surface area (Å²) in [5.74, 6) is 0.263. The number of carbonyl (C=O) groups excluding carboxylic acids is 1. The minimum atomic E-state index is 0.263. The fourth-order valence-corrected chi connectivity index (χ4v) is 3.59. The molecule has 0 N–H and O–H groups in total. The number of rotatable bonds is 4. The van der Waals surface area contributed by atoms with E-state index >= 15 is 0 Å². The number of halogens is 1. The molecule has 2 aromatic rings. The number of hydrogen-bond acceptors (Lipinski definition) is 2. The van der Waals surface area contributed by atoms with E-state index in [0.717, 1.165) is 37.1 Å². The van der Waals surface area contributed by atoms with Crippen LogP contribution in [0.25, 0.3) is 0 Å². The molecule has 1 aliphatic rings. The van der Waals surface area contributed by atoms with E-state index < -0.39 is 0 Å². The van der Waals surface area contributed by atoms with Gasteiger partial charge >= 0.3 is 0 Å². The van der Waals surface area contributed by atoms with Crippen molar-refractivity contribution < 1.29 is 4.79 Å². The summed E-state index contributed by atoms with van der Waals surface area (Å²) in [7, 11) is 0. The highest BCUT2D eigenvalue weighted by Crippen LogP contribution is 2.18. The van der Waals surface area contributed by atoms with Crippen LogP contribution in [0, 0.1) is 6.92 Å². The summed E-state index contributed by atoms with van der Waals surface area (Å²) in [5.41, 5.74) is 3.74. The lowest BCUT2D eigenvalue weighted by Gasteiger charge is -2.36. The second kappa shape index (κ2) is 7.84. The quantitative estimate of drug-likeness (QED) is 0.791. The molecule has 0 atom stereocenters. The van der Waals surface area contributed by atoms with Crippen LogP contribution in [0.4, 0.5) is 5.69 Å². The lowest BCUT2D eigenvalue weighted by Crippen LogP contribution is -2.48. The van der Waals surface area contributed by atoms with Gasteiger partial charge in [0.2, 0.25) is 5.91 Å². The zero-order valence-electron chi connectivity index (χ0n) is 14.0. The van der Waals surface area contributed by atoms with E-state index in [1.54, 1.807) is 0 Å². The third kappa shape index (κ3) is 4.38. The van der Waals surface area contributed by atoms with Crippen molar-refractivity contribution in [3.8, 4) is 0 Å². The number of hydrogen-bond donors (Lipinski definition) is 0. The zero-order chi connectivity index (χ0) is 16.9. The Morgan fingerprint density at radius 1 is 1.04 bits per heavy atom. The fourth-order valence-electron chi connectivity index (χ4n) is 3.14. The first-order valence-electron chi connectivity index (χ1n) is 8.46. The van der Waals surface area contributed by atoms with Crippen LogP contribution in [0.2, 0.25) is 0 Å². The molecule has 2 aromatic carbocycles. The van der Waals surface area contributed by atoms with Gasteiger partial charge in [-0.15, -0.1) is 0 Å². The topological polar surface area (TPSA) is 23.6 Å². The van der Waals surface area contributed by atoms with Gasteiger partial charge in [-0.25, -0.2) is 0 Å². The maximum Gasteiger partial charge on any atom is 0.223 e. The van der Waals surface area contributed by atoms with Crippen molar-refractivity contribution in [2.45, 2.75) is 19.8 Å². The smallest absolute Gasteiger partial charge is 0.223 e. The predicted octanol–water partition coefficient (Wildman–Crippen LogP) is 4.04. The number of amides is 1. The van der Waals surface area contributed by atoms with Crippen LogP contribution in [0.5, 0.6) is 0 Å². The zero-order valence-corrected chi connectivity index (χ0v) is 15.6. The predicted molar refractivity (Wildman–Crippen MR) is 102 cm³/mol. The van der Waals surface area contributed by atoms with E-state index in [2.05, 4.69) is 64.2 Å². The van der Waals surface area contributed by atoms with E-state index in [1.165, 1.54) is 16.8 Å². The molecule has 3 rings (SSSR count). The lowest BCUT2D eigenvalue weighted by atomic mass is 10.1. The molecule has 0 spiro atoms. The molecule has 24 heavy (non-hydrogen) atoms. The van der Waals surface area contributed by atoms with Crippen molar-refractivity contribution in [3.05, 3.63) is 64.1 Å². The molecule has 0 saturated carbocycles. The second-order valence-corrected chi connectivity index (χ2v) is 7.25. The Morgan fingerprint density at radius 3 is 2.50 bits per heavy atom. The van der Waals surface area contributed by atoms with Gasteiger partial charge in [0.05, 0.1) is 0 Å². The molecule has 0 unspecified atom stereocenters. The highest BCUT2D eigenvalue weighted by atomic mass is 79.9. The summed E-state index contributed by atoms with van der Waals surface area (Å²) in [4.78, 5) is 16.8. The average Bonchev–Trinajstić information content (AvgIpc) is 2.60. The Labute approximate surface area is 152 Å². The summed E-state index contributed by atoms with van der Waals surface area (Å²) in [6, 6.07) is 16.8. The third-order valence-corrected chi connectivity index (χ3v) is 5.01. The number of aryl methyl sites for hydroxylation is 2. The Hall–Kier alpha value is -1.81. The maximum absolute atomic E-state index is 12.4. The number of benzene rings is 2. The molecule has 1 heterocycles. The SMILES string of the molecule is Cc1cccc(N2CCN(C(=O)CCc3cccc(Br)c3)CC2)c1. The minimum Gasteiger partial charge on any atom is -0.368 e. The molecule has 1 aliphatic heterocycles. The first-order valence-corrected chi connectivity index (χ1v) is 9.25.